The van der Waals surface area contributed by atoms with Gasteiger partial charge in [0.2, 0.25) is 0 Å². The molecule has 94 valence electrons. The molecule has 0 bridgehead atoms. The Kier molecular flexibility index (Phi) is 4.15. The maximum atomic E-state index is 11.7. The average Bonchev–Trinajstić information content (AvgIpc) is 2.83. The van der Waals surface area contributed by atoms with E-state index in [1.807, 2.05) is 24.3 Å². The lowest BCUT2D eigenvalue weighted by atomic mass is 10.2. The number of sulfonamides is 1. The zero-order chi connectivity index (χ0) is 13.0. The summed E-state index contributed by atoms with van der Waals surface area (Å²) < 4.78 is 24.6. The van der Waals surface area contributed by atoms with Crippen molar-refractivity contribution in [3.63, 3.8) is 0 Å². The van der Waals surface area contributed by atoms with E-state index in [4.69, 9.17) is 0 Å². The number of benzene rings is 1. The fourth-order valence-electron chi connectivity index (χ4n) is 1.22. The number of nitrogens with one attached hydrogen (secondary N) is 1. The largest absolute Gasteiger partial charge is 0.286 e. The molecule has 1 heterocycles. The Labute approximate surface area is 118 Å². The summed E-state index contributed by atoms with van der Waals surface area (Å²) in [5.74, 6) is 0. The van der Waals surface area contributed by atoms with Gasteiger partial charge in [-0.3, -0.25) is 0 Å². The first-order valence-electron chi connectivity index (χ1n) is 4.92. The highest BCUT2D eigenvalue weighted by Gasteiger charge is 2.12. The van der Waals surface area contributed by atoms with Crippen LogP contribution < -0.4 is 4.83 Å². The number of thiophene rings is 1. The molecular formula is C11H9BrN2O2S2. The van der Waals surface area contributed by atoms with Crippen LogP contribution >= 0.6 is 27.3 Å². The highest BCUT2D eigenvalue weighted by molar-refractivity contribution is 9.10. The van der Waals surface area contributed by atoms with Crippen LogP contribution in [0.25, 0.3) is 0 Å². The topological polar surface area (TPSA) is 58.5 Å². The average molecular weight is 345 g/mol. The standard InChI is InChI=1S/C11H9BrN2O2S2/c12-10-4-1-3-9(7-10)8-13-14-18(15,16)11-5-2-6-17-11/h1-8,14H/b13-8+. The van der Waals surface area contributed by atoms with Gasteiger partial charge < -0.3 is 0 Å². The van der Waals surface area contributed by atoms with Crippen LogP contribution in [-0.2, 0) is 10.0 Å². The highest BCUT2D eigenvalue weighted by atomic mass is 79.9. The van der Waals surface area contributed by atoms with E-state index >= 15 is 0 Å². The Morgan fingerprint density at radius 2 is 2.11 bits per heavy atom. The highest BCUT2D eigenvalue weighted by Crippen LogP contribution is 2.15. The lowest BCUT2D eigenvalue weighted by Gasteiger charge is -1.99. The van der Waals surface area contributed by atoms with Gasteiger partial charge in [0, 0.05) is 4.47 Å². The SMILES string of the molecule is O=S(=O)(N/N=C/c1cccc(Br)c1)c1cccs1. The minimum absolute atomic E-state index is 0.244. The van der Waals surface area contributed by atoms with Crippen molar-refractivity contribution in [2.24, 2.45) is 5.10 Å². The molecule has 0 atom stereocenters. The van der Waals surface area contributed by atoms with Crippen molar-refractivity contribution >= 4 is 43.5 Å². The van der Waals surface area contributed by atoms with Crippen LogP contribution in [-0.4, -0.2) is 14.6 Å². The summed E-state index contributed by atoms with van der Waals surface area (Å²) in [5, 5.41) is 5.43. The molecule has 2 rings (SSSR count). The summed E-state index contributed by atoms with van der Waals surface area (Å²) in [5.41, 5.74) is 0.804. The summed E-state index contributed by atoms with van der Waals surface area (Å²) in [6.45, 7) is 0. The third-order valence-corrected chi connectivity index (χ3v) is 5.11. The third kappa shape index (κ3) is 3.41. The number of hydrogen-bond donors (Lipinski definition) is 1. The Hall–Kier alpha value is -1.18. The number of rotatable bonds is 4. The predicted molar refractivity (Wildman–Crippen MR) is 76.4 cm³/mol. The van der Waals surface area contributed by atoms with Gasteiger partial charge in [-0.05, 0) is 29.1 Å². The number of hydrogen-bond acceptors (Lipinski definition) is 4. The van der Waals surface area contributed by atoms with Crippen molar-refractivity contribution in [1.29, 1.82) is 0 Å². The fraction of sp³-hybridized carbons (Fsp3) is 0. The monoisotopic (exact) mass is 344 g/mol. The van der Waals surface area contributed by atoms with Gasteiger partial charge in [0.1, 0.15) is 4.21 Å². The molecule has 0 aliphatic carbocycles. The minimum Gasteiger partial charge on any atom is -0.199 e. The first-order chi connectivity index (χ1) is 8.58. The zero-order valence-corrected chi connectivity index (χ0v) is 12.3. The van der Waals surface area contributed by atoms with E-state index < -0.39 is 10.0 Å². The molecule has 0 fully saturated rings. The van der Waals surface area contributed by atoms with Gasteiger partial charge in [-0.15, -0.1) is 11.3 Å². The molecule has 2 aromatic rings. The van der Waals surface area contributed by atoms with Crippen LogP contribution in [0, 0.1) is 0 Å². The van der Waals surface area contributed by atoms with Crippen LogP contribution in [0.15, 0.2) is 55.6 Å². The Morgan fingerprint density at radius 3 is 2.78 bits per heavy atom. The zero-order valence-electron chi connectivity index (χ0n) is 9.08. The molecule has 4 nitrogen and oxygen atoms in total. The first kappa shape index (κ1) is 13.3. The van der Waals surface area contributed by atoms with Gasteiger partial charge in [0.15, 0.2) is 0 Å². The van der Waals surface area contributed by atoms with Crippen LogP contribution in [0.2, 0.25) is 0 Å². The van der Waals surface area contributed by atoms with Crippen molar-refractivity contribution in [2.75, 3.05) is 0 Å². The maximum absolute atomic E-state index is 11.7. The quantitative estimate of drug-likeness (QED) is 0.684. The third-order valence-electron chi connectivity index (χ3n) is 2.00. The summed E-state index contributed by atoms with van der Waals surface area (Å²) in [4.78, 5) is 2.17. The Morgan fingerprint density at radius 1 is 1.28 bits per heavy atom. The second kappa shape index (κ2) is 5.64. The van der Waals surface area contributed by atoms with Crippen molar-refractivity contribution in [1.82, 2.24) is 4.83 Å². The number of nitrogens with zero attached hydrogens (tertiary/aromatic N) is 1. The molecule has 0 aliphatic rings. The van der Waals surface area contributed by atoms with Crippen LogP contribution in [0.1, 0.15) is 5.56 Å². The van der Waals surface area contributed by atoms with Crippen molar-refractivity contribution < 1.29 is 8.42 Å². The van der Waals surface area contributed by atoms with Crippen LogP contribution in [0.5, 0.6) is 0 Å². The van der Waals surface area contributed by atoms with E-state index in [0.717, 1.165) is 21.4 Å². The molecule has 0 spiro atoms. The van der Waals surface area contributed by atoms with E-state index in [1.54, 1.807) is 11.4 Å². The van der Waals surface area contributed by atoms with E-state index in [2.05, 4.69) is 25.9 Å². The lowest BCUT2D eigenvalue weighted by Crippen LogP contribution is -2.17. The molecule has 1 aromatic heterocycles. The number of halogens is 1. The van der Waals surface area contributed by atoms with Gasteiger partial charge in [0.05, 0.1) is 6.21 Å². The molecule has 0 saturated heterocycles. The summed E-state index contributed by atoms with van der Waals surface area (Å²) in [7, 11) is -3.54. The van der Waals surface area contributed by atoms with Gasteiger partial charge in [-0.1, -0.05) is 34.1 Å². The fourth-order valence-corrected chi connectivity index (χ4v) is 3.41. The van der Waals surface area contributed by atoms with Crippen molar-refractivity contribution in [3.05, 3.63) is 51.8 Å². The first-order valence-corrected chi connectivity index (χ1v) is 8.07. The van der Waals surface area contributed by atoms with E-state index in [1.165, 1.54) is 12.3 Å². The normalized spacial score (nSPS) is 11.8. The molecule has 0 amide bonds. The van der Waals surface area contributed by atoms with E-state index in [-0.39, 0.29) is 4.21 Å². The summed E-state index contributed by atoms with van der Waals surface area (Å²) in [6.07, 6.45) is 1.45. The molecule has 0 saturated carbocycles. The van der Waals surface area contributed by atoms with Gasteiger partial charge in [-0.25, -0.2) is 0 Å². The molecule has 7 heteroatoms. The minimum atomic E-state index is -3.54. The molecule has 18 heavy (non-hydrogen) atoms. The number of hydrazone groups is 1. The molecule has 1 N–H and O–H groups in total. The Balaban J connectivity index is 2.08. The second-order valence-corrected chi connectivity index (χ2v) is 7.09. The van der Waals surface area contributed by atoms with Gasteiger partial charge in [0.25, 0.3) is 10.0 Å². The van der Waals surface area contributed by atoms with E-state index in [0.29, 0.717) is 0 Å². The maximum Gasteiger partial charge on any atom is 0.286 e. The molecule has 0 radical (unpaired) electrons. The summed E-state index contributed by atoms with van der Waals surface area (Å²) in [6, 6.07) is 10.6. The molecular weight excluding hydrogens is 336 g/mol. The predicted octanol–water partition coefficient (Wildman–Crippen LogP) is 2.82. The van der Waals surface area contributed by atoms with Crippen molar-refractivity contribution in [3.8, 4) is 0 Å². The molecule has 0 unspecified atom stereocenters. The van der Waals surface area contributed by atoms with Crippen LogP contribution in [0.4, 0.5) is 0 Å². The molecule has 1 aromatic carbocycles. The smallest absolute Gasteiger partial charge is 0.199 e. The second-order valence-electron chi connectivity index (χ2n) is 3.34. The Bertz CT molecular complexity index is 651. The van der Waals surface area contributed by atoms with Gasteiger partial charge >= 0.3 is 0 Å². The molecule has 0 aliphatic heterocycles. The van der Waals surface area contributed by atoms with E-state index in [9.17, 15) is 8.42 Å². The van der Waals surface area contributed by atoms with Crippen LogP contribution in [0.3, 0.4) is 0 Å². The summed E-state index contributed by atoms with van der Waals surface area (Å²) >= 11 is 4.47. The van der Waals surface area contributed by atoms with Crippen molar-refractivity contribution in [2.45, 2.75) is 4.21 Å². The van der Waals surface area contributed by atoms with Gasteiger partial charge in [-0.2, -0.15) is 18.4 Å². The lowest BCUT2D eigenvalue weighted by molar-refractivity contribution is 0.587.